The standard InChI is InChI=1S/C26H30N4O4/c1-5-6-8-13-22(31)33-17-34-25-21(15-19-23(26(2,3)4)28-16-27-19)29-24(32)20(30-25)14-18-11-9-7-10-12-18/h5,7,9-12,14-16H,1,6,8,13,17H2,2-4H3,(H,27,28)(H,29,32)/b20-14-,21-15-. The molecule has 0 aliphatic heterocycles. The lowest BCUT2D eigenvalue weighted by molar-refractivity contribution is -0.150. The zero-order valence-corrected chi connectivity index (χ0v) is 19.8. The van der Waals surface area contributed by atoms with E-state index in [1.54, 1.807) is 24.6 Å². The highest BCUT2D eigenvalue weighted by Crippen LogP contribution is 2.23. The Hall–Kier alpha value is -3.94. The molecule has 8 heteroatoms. The van der Waals surface area contributed by atoms with Gasteiger partial charge in [-0.3, -0.25) is 9.59 Å². The summed E-state index contributed by atoms with van der Waals surface area (Å²) in [6.07, 6.45) is 8.36. The van der Waals surface area contributed by atoms with Crippen molar-refractivity contribution in [3.8, 4) is 5.88 Å². The summed E-state index contributed by atoms with van der Waals surface area (Å²) in [6.45, 7) is 9.48. The van der Waals surface area contributed by atoms with Gasteiger partial charge in [0, 0.05) is 17.5 Å². The van der Waals surface area contributed by atoms with Crippen LogP contribution >= 0.6 is 0 Å². The molecule has 34 heavy (non-hydrogen) atoms. The predicted octanol–water partition coefficient (Wildman–Crippen LogP) is 2.68. The van der Waals surface area contributed by atoms with E-state index in [2.05, 4.69) is 47.3 Å². The van der Waals surface area contributed by atoms with Gasteiger partial charge in [-0.05, 0) is 30.6 Å². The third kappa shape index (κ3) is 6.78. The number of rotatable bonds is 9. The van der Waals surface area contributed by atoms with Gasteiger partial charge in [0.25, 0.3) is 5.56 Å². The first-order valence-corrected chi connectivity index (χ1v) is 11.1. The number of allylic oxidation sites excluding steroid dienone is 1. The zero-order chi connectivity index (χ0) is 24.6. The summed E-state index contributed by atoms with van der Waals surface area (Å²) in [4.78, 5) is 39.5. The van der Waals surface area contributed by atoms with Crippen LogP contribution in [-0.2, 0) is 14.9 Å². The van der Waals surface area contributed by atoms with Gasteiger partial charge in [-0.2, -0.15) is 0 Å². The second kappa shape index (κ2) is 11.3. The molecule has 2 aromatic heterocycles. The maximum absolute atomic E-state index is 12.8. The van der Waals surface area contributed by atoms with Crippen molar-refractivity contribution in [1.29, 1.82) is 0 Å². The number of ether oxygens (including phenoxy) is 2. The quantitative estimate of drug-likeness (QED) is 0.219. The first-order valence-electron chi connectivity index (χ1n) is 11.1. The topological polar surface area (TPSA) is 110 Å². The normalized spacial score (nSPS) is 12.6. The zero-order valence-electron chi connectivity index (χ0n) is 19.8. The summed E-state index contributed by atoms with van der Waals surface area (Å²) in [6, 6.07) is 9.37. The molecule has 0 unspecified atom stereocenters. The Bertz CT molecular complexity index is 1300. The van der Waals surface area contributed by atoms with Crippen molar-refractivity contribution in [3.63, 3.8) is 0 Å². The number of carbonyl (C=O) groups excluding carboxylic acids is 1. The largest absolute Gasteiger partial charge is 0.438 e. The summed E-state index contributed by atoms with van der Waals surface area (Å²) in [5.41, 5.74) is 1.79. The second-order valence-corrected chi connectivity index (χ2v) is 8.74. The molecule has 0 radical (unpaired) electrons. The lowest BCUT2D eigenvalue weighted by atomic mass is 9.90. The molecule has 3 rings (SSSR count). The maximum Gasteiger partial charge on any atom is 0.308 e. The van der Waals surface area contributed by atoms with Gasteiger partial charge in [-0.1, -0.05) is 57.2 Å². The maximum atomic E-state index is 12.8. The number of esters is 1. The van der Waals surface area contributed by atoms with Gasteiger partial charge >= 0.3 is 5.97 Å². The molecule has 2 heterocycles. The highest BCUT2D eigenvalue weighted by atomic mass is 16.7. The molecule has 0 bridgehead atoms. The van der Waals surface area contributed by atoms with Crippen LogP contribution in [0.1, 0.15) is 57.0 Å². The predicted molar refractivity (Wildman–Crippen MR) is 131 cm³/mol. The van der Waals surface area contributed by atoms with Gasteiger partial charge in [0.2, 0.25) is 12.7 Å². The molecule has 0 saturated carbocycles. The Morgan fingerprint density at radius 2 is 1.94 bits per heavy atom. The van der Waals surface area contributed by atoms with Gasteiger partial charge in [0.1, 0.15) is 10.7 Å². The van der Waals surface area contributed by atoms with Crippen molar-refractivity contribution in [3.05, 3.63) is 87.3 Å². The number of imidazole rings is 1. The van der Waals surface area contributed by atoms with Crippen molar-refractivity contribution >= 4 is 18.1 Å². The molecule has 0 fully saturated rings. The van der Waals surface area contributed by atoms with Crippen molar-refractivity contribution in [2.45, 2.75) is 45.4 Å². The first kappa shape index (κ1) is 24.7. The number of carbonyl (C=O) groups is 1. The molecule has 0 amide bonds. The van der Waals surface area contributed by atoms with Gasteiger partial charge in [0.15, 0.2) is 0 Å². The highest BCUT2D eigenvalue weighted by Gasteiger charge is 2.19. The third-order valence-electron chi connectivity index (χ3n) is 4.94. The number of nitrogens with zero attached hydrogens (tertiary/aromatic N) is 2. The van der Waals surface area contributed by atoms with E-state index in [1.165, 1.54) is 0 Å². The smallest absolute Gasteiger partial charge is 0.308 e. The van der Waals surface area contributed by atoms with Crippen LogP contribution in [0.2, 0.25) is 0 Å². The minimum atomic E-state index is -0.379. The fourth-order valence-electron chi connectivity index (χ4n) is 3.24. The summed E-state index contributed by atoms with van der Waals surface area (Å²) in [5, 5.41) is 0.504. The Morgan fingerprint density at radius 1 is 1.18 bits per heavy atom. The number of unbranched alkanes of at least 4 members (excludes halogenated alkanes) is 1. The van der Waals surface area contributed by atoms with Gasteiger partial charge < -0.3 is 19.4 Å². The fraction of sp³-hybridized carbons (Fsp3) is 0.308. The molecule has 178 valence electrons. The lowest BCUT2D eigenvalue weighted by Crippen LogP contribution is -2.38. The highest BCUT2D eigenvalue weighted by molar-refractivity contribution is 5.69. The van der Waals surface area contributed by atoms with Crippen LogP contribution in [0.5, 0.6) is 5.88 Å². The van der Waals surface area contributed by atoms with E-state index in [0.717, 1.165) is 17.7 Å². The summed E-state index contributed by atoms with van der Waals surface area (Å²) in [7, 11) is 0. The molecule has 2 N–H and O–H groups in total. The summed E-state index contributed by atoms with van der Waals surface area (Å²) >= 11 is 0. The summed E-state index contributed by atoms with van der Waals surface area (Å²) in [5.74, 6) is -0.251. The van der Waals surface area contributed by atoms with E-state index in [0.29, 0.717) is 17.5 Å². The SMILES string of the molecule is C=CCCCC(=O)OCOc1n/c(=C\c2ccccc2)c(=O)[nH]/c1=C\c1nc[nH]c1C(C)(C)C. The number of H-pyrrole nitrogens is 2. The van der Waals surface area contributed by atoms with E-state index in [4.69, 9.17) is 9.47 Å². The van der Waals surface area contributed by atoms with Crippen LogP contribution in [0.15, 0.2) is 54.1 Å². The average Bonchev–Trinajstić information content (AvgIpc) is 3.26. The molecule has 8 nitrogen and oxygen atoms in total. The van der Waals surface area contributed by atoms with Crippen LogP contribution < -0.4 is 21.0 Å². The number of hydrogen-bond acceptors (Lipinski definition) is 6. The number of nitrogens with one attached hydrogen (secondary N) is 2. The van der Waals surface area contributed by atoms with Gasteiger partial charge in [-0.25, -0.2) is 9.97 Å². The second-order valence-electron chi connectivity index (χ2n) is 8.74. The van der Waals surface area contributed by atoms with Crippen molar-refractivity contribution in [1.82, 2.24) is 19.9 Å². The Labute approximate surface area is 198 Å². The van der Waals surface area contributed by atoms with Crippen LogP contribution in [-0.4, -0.2) is 32.7 Å². The number of hydrogen-bond donors (Lipinski definition) is 2. The fourth-order valence-corrected chi connectivity index (χ4v) is 3.24. The lowest BCUT2D eigenvalue weighted by Gasteiger charge is -2.17. The van der Waals surface area contributed by atoms with E-state index in [9.17, 15) is 9.59 Å². The van der Waals surface area contributed by atoms with Crippen LogP contribution in [0, 0.1) is 0 Å². The van der Waals surface area contributed by atoms with Crippen molar-refractivity contribution < 1.29 is 14.3 Å². The minimum Gasteiger partial charge on any atom is -0.438 e. The summed E-state index contributed by atoms with van der Waals surface area (Å²) < 4.78 is 10.9. The van der Waals surface area contributed by atoms with E-state index in [1.807, 2.05) is 30.3 Å². The monoisotopic (exact) mass is 462 g/mol. The molecule has 0 atom stereocenters. The van der Waals surface area contributed by atoms with Crippen LogP contribution in [0.3, 0.4) is 0 Å². The average molecular weight is 463 g/mol. The van der Waals surface area contributed by atoms with Gasteiger partial charge in [-0.15, -0.1) is 6.58 Å². The number of aromatic nitrogens is 4. The van der Waals surface area contributed by atoms with Crippen molar-refractivity contribution in [2.75, 3.05) is 6.79 Å². The Balaban J connectivity index is 1.98. The number of benzene rings is 1. The molecule has 3 aromatic rings. The molecular weight excluding hydrogens is 432 g/mol. The Kier molecular flexibility index (Phi) is 8.19. The molecule has 1 aromatic carbocycles. The molecule has 0 saturated heterocycles. The molecule has 0 aliphatic rings. The van der Waals surface area contributed by atoms with Gasteiger partial charge in [0.05, 0.1) is 12.0 Å². The van der Waals surface area contributed by atoms with E-state index < -0.39 is 0 Å². The molecule has 0 aliphatic carbocycles. The Morgan fingerprint density at radius 3 is 2.65 bits per heavy atom. The van der Waals surface area contributed by atoms with Crippen molar-refractivity contribution in [2.24, 2.45) is 0 Å². The number of aromatic amines is 2. The minimum absolute atomic E-state index is 0.128. The van der Waals surface area contributed by atoms with Crippen LogP contribution in [0.25, 0.3) is 12.2 Å². The van der Waals surface area contributed by atoms with E-state index in [-0.39, 0.29) is 41.4 Å². The van der Waals surface area contributed by atoms with Crippen LogP contribution in [0.4, 0.5) is 0 Å². The molecule has 0 spiro atoms. The molecular formula is C26H30N4O4. The third-order valence-corrected chi connectivity index (χ3v) is 4.94. The first-order chi connectivity index (χ1) is 16.3. The van der Waals surface area contributed by atoms with E-state index >= 15 is 0 Å².